The molecule has 2 amide bonds. The number of carbonyl (C=O) groups excluding carboxylic acids is 2. The van der Waals surface area contributed by atoms with Crippen molar-refractivity contribution in [1.29, 1.82) is 0 Å². The van der Waals surface area contributed by atoms with E-state index in [0.717, 1.165) is 28.3 Å². The van der Waals surface area contributed by atoms with Crippen LogP contribution in [0.25, 0.3) is 10.8 Å². The molecule has 0 aliphatic carbocycles. The van der Waals surface area contributed by atoms with Crippen LogP contribution in [0.4, 0.5) is 0 Å². The monoisotopic (exact) mass is 450 g/mol. The van der Waals surface area contributed by atoms with Gasteiger partial charge in [0.05, 0.1) is 0 Å². The summed E-state index contributed by atoms with van der Waals surface area (Å²) in [5, 5.41) is 5.93. The molecule has 32 heavy (non-hydrogen) atoms. The van der Waals surface area contributed by atoms with Crippen LogP contribution >= 0.6 is 11.6 Å². The lowest BCUT2D eigenvalue weighted by atomic mass is 10.0. The van der Waals surface area contributed by atoms with Crippen molar-refractivity contribution >= 4 is 34.2 Å². The molecule has 4 nitrogen and oxygen atoms in total. The predicted molar refractivity (Wildman–Crippen MR) is 132 cm³/mol. The molecule has 0 fully saturated rings. The summed E-state index contributed by atoms with van der Waals surface area (Å²) in [5.74, 6) is -0.190. The molecule has 168 valence electrons. The van der Waals surface area contributed by atoms with Crippen LogP contribution < -0.4 is 5.32 Å². The van der Waals surface area contributed by atoms with Gasteiger partial charge < -0.3 is 10.2 Å². The molecule has 3 rings (SSSR count). The SMILES string of the molecule is CCC(C)NC(=O)C(C)N(Cc1cccc(Cl)c1)C(=O)CCc1cccc2ccccc12. The van der Waals surface area contributed by atoms with E-state index in [0.29, 0.717) is 24.4 Å². The fourth-order valence-corrected chi connectivity index (χ4v) is 3.99. The molecule has 3 aromatic carbocycles. The second-order valence-electron chi connectivity index (χ2n) is 8.28. The Labute approximate surface area is 195 Å². The normalized spacial score (nSPS) is 12.9. The number of nitrogens with zero attached hydrogens (tertiary/aromatic N) is 1. The number of aryl methyl sites for hydroxylation is 1. The molecule has 0 spiro atoms. The van der Waals surface area contributed by atoms with Crippen molar-refractivity contribution in [2.24, 2.45) is 0 Å². The van der Waals surface area contributed by atoms with Gasteiger partial charge in [-0.1, -0.05) is 73.1 Å². The van der Waals surface area contributed by atoms with Crippen molar-refractivity contribution in [3.05, 3.63) is 82.9 Å². The van der Waals surface area contributed by atoms with Crippen molar-refractivity contribution in [1.82, 2.24) is 10.2 Å². The van der Waals surface area contributed by atoms with Crippen molar-refractivity contribution in [2.75, 3.05) is 0 Å². The molecule has 0 radical (unpaired) electrons. The van der Waals surface area contributed by atoms with E-state index in [-0.39, 0.29) is 17.9 Å². The Kier molecular flexibility index (Phi) is 8.29. The first-order chi connectivity index (χ1) is 15.4. The van der Waals surface area contributed by atoms with E-state index in [2.05, 4.69) is 29.6 Å². The summed E-state index contributed by atoms with van der Waals surface area (Å²) < 4.78 is 0. The fourth-order valence-electron chi connectivity index (χ4n) is 3.78. The smallest absolute Gasteiger partial charge is 0.242 e. The van der Waals surface area contributed by atoms with Crippen molar-refractivity contribution in [3.8, 4) is 0 Å². The number of fused-ring (bicyclic) bond motifs is 1. The second-order valence-corrected chi connectivity index (χ2v) is 8.72. The van der Waals surface area contributed by atoms with Crippen molar-refractivity contribution < 1.29 is 9.59 Å². The molecule has 5 heteroatoms. The lowest BCUT2D eigenvalue weighted by Crippen LogP contribution is -2.49. The van der Waals surface area contributed by atoms with Crippen molar-refractivity contribution in [3.63, 3.8) is 0 Å². The predicted octanol–water partition coefficient (Wildman–Crippen LogP) is 5.76. The minimum atomic E-state index is -0.581. The first-order valence-corrected chi connectivity index (χ1v) is 11.6. The van der Waals surface area contributed by atoms with Crippen LogP contribution in [0.15, 0.2) is 66.7 Å². The summed E-state index contributed by atoms with van der Waals surface area (Å²) in [5.41, 5.74) is 2.04. The standard InChI is InChI=1S/C27H31ClN2O2/c1-4-19(2)29-27(32)20(3)30(18-21-9-7-13-24(28)17-21)26(31)16-15-23-12-8-11-22-10-5-6-14-25(22)23/h5-14,17,19-20H,4,15-16,18H2,1-3H3,(H,29,32). The number of hydrogen-bond acceptors (Lipinski definition) is 2. The lowest BCUT2D eigenvalue weighted by molar-refractivity contribution is -0.140. The Morgan fingerprint density at radius 1 is 1.00 bits per heavy atom. The lowest BCUT2D eigenvalue weighted by Gasteiger charge is -2.30. The summed E-state index contributed by atoms with van der Waals surface area (Å²) >= 11 is 6.15. The third kappa shape index (κ3) is 6.10. The van der Waals surface area contributed by atoms with E-state index >= 15 is 0 Å². The van der Waals surface area contributed by atoms with E-state index in [4.69, 9.17) is 11.6 Å². The molecule has 0 aliphatic rings. The highest BCUT2D eigenvalue weighted by Gasteiger charge is 2.26. The number of rotatable bonds is 9. The van der Waals surface area contributed by atoms with Crippen LogP contribution in [0.1, 0.15) is 44.7 Å². The molecule has 0 aromatic heterocycles. The average Bonchev–Trinajstić information content (AvgIpc) is 2.80. The first-order valence-electron chi connectivity index (χ1n) is 11.2. The molecule has 2 unspecified atom stereocenters. The van der Waals surface area contributed by atoms with Crippen LogP contribution in [-0.4, -0.2) is 28.8 Å². The van der Waals surface area contributed by atoms with Crippen molar-refractivity contribution in [2.45, 2.75) is 58.7 Å². The molecule has 0 saturated heterocycles. The number of amides is 2. The highest BCUT2D eigenvalue weighted by Crippen LogP contribution is 2.21. The van der Waals surface area contributed by atoms with Crippen LogP contribution in [0.2, 0.25) is 5.02 Å². The third-order valence-electron chi connectivity index (χ3n) is 5.90. The Morgan fingerprint density at radius 3 is 2.47 bits per heavy atom. The molecule has 3 aromatic rings. The summed E-state index contributed by atoms with van der Waals surface area (Å²) in [6.07, 6.45) is 1.78. The van der Waals surface area contributed by atoms with E-state index in [1.54, 1.807) is 17.9 Å². The van der Waals surface area contributed by atoms with E-state index in [1.807, 2.05) is 50.2 Å². The van der Waals surface area contributed by atoms with Gasteiger partial charge in [-0.05, 0) is 60.7 Å². The molecule has 0 aliphatic heterocycles. The highest BCUT2D eigenvalue weighted by molar-refractivity contribution is 6.30. The summed E-state index contributed by atoms with van der Waals surface area (Å²) in [4.78, 5) is 27.9. The average molecular weight is 451 g/mol. The third-order valence-corrected chi connectivity index (χ3v) is 6.13. The van der Waals surface area contributed by atoms with Gasteiger partial charge in [0.1, 0.15) is 6.04 Å². The topological polar surface area (TPSA) is 49.4 Å². The largest absolute Gasteiger partial charge is 0.352 e. The number of hydrogen-bond donors (Lipinski definition) is 1. The Hall–Kier alpha value is -2.85. The Bertz CT molecular complexity index is 1080. The minimum absolute atomic E-state index is 0.0512. The van der Waals surface area contributed by atoms with Crippen LogP contribution in [0.3, 0.4) is 0 Å². The van der Waals surface area contributed by atoms with Gasteiger partial charge in [0.15, 0.2) is 0 Å². The quantitative estimate of drug-likeness (QED) is 0.450. The minimum Gasteiger partial charge on any atom is -0.352 e. The molecule has 0 bridgehead atoms. The molecular weight excluding hydrogens is 420 g/mol. The molecule has 1 N–H and O–H groups in total. The molecule has 0 heterocycles. The van der Waals surface area contributed by atoms with Gasteiger partial charge in [-0.3, -0.25) is 9.59 Å². The Balaban J connectivity index is 1.79. The maximum Gasteiger partial charge on any atom is 0.242 e. The van der Waals surface area contributed by atoms with E-state index in [1.165, 1.54) is 0 Å². The maximum absolute atomic E-state index is 13.4. The Morgan fingerprint density at radius 2 is 1.72 bits per heavy atom. The molecular formula is C27H31ClN2O2. The van der Waals surface area contributed by atoms with Gasteiger partial charge in [-0.2, -0.15) is 0 Å². The van der Waals surface area contributed by atoms with Gasteiger partial charge in [-0.15, -0.1) is 0 Å². The van der Waals surface area contributed by atoms with E-state index in [9.17, 15) is 9.59 Å². The number of halogens is 1. The number of benzene rings is 3. The summed E-state index contributed by atoms with van der Waals surface area (Å²) in [7, 11) is 0. The van der Waals surface area contributed by atoms with Gasteiger partial charge in [0.2, 0.25) is 11.8 Å². The zero-order valence-electron chi connectivity index (χ0n) is 19.0. The zero-order chi connectivity index (χ0) is 23.1. The molecule has 2 atom stereocenters. The second kappa shape index (κ2) is 11.1. The summed E-state index contributed by atoms with van der Waals surface area (Å²) in [6, 6.07) is 21.3. The summed E-state index contributed by atoms with van der Waals surface area (Å²) in [6.45, 7) is 6.12. The highest BCUT2D eigenvalue weighted by atomic mass is 35.5. The first kappa shape index (κ1) is 23.8. The van der Waals surface area contributed by atoms with Crippen LogP contribution in [0, 0.1) is 0 Å². The number of carbonyl (C=O) groups is 2. The van der Waals surface area contributed by atoms with Gasteiger partial charge >= 0.3 is 0 Å². The zero-order valence-corrected chi connectivity index (χ0v) is 19.7. The van der Waals surface area contributed by atoms with Gasteiger partial charge in [0.25, 0.3) is 0 Å². The fraction of sp³-hybridized carbons (Fsp3) is 0.333. The molecule has 0 saturated carbocycles. The van der Waals surface area contributed by atoms with Crippen LogP contribution in [0.5, 0.6) is 0 Å². The number of nitrogens with one attached hydrogen (secondary N) is 1. The van der Waals surface area contributed by atoms with Crippen LogP contribution in [-0.2, 0) is 22.6 Å². The van der Waals surface area contributed by atoms with Gasteiger partial charge in [-0.25, -0.2) is 0 Å². The maximum atomic E-state index is 13.4. The van der Waals surface area contributed by atoms with Gasteiger partial charge in [0, 0.05) is 24.0 Å². The van der Waals surface area contributed by atoms with E-state index < -0.39 is 6.04 Å².